The second-order valence-electron chi connectivity index (χ2n) is 8.58. The molecule has 6 rings (SSSR count). The molecule has 1 N–H and O–H groups in total. The summed E-state index contributed by atoms with van der Waals surface area (Å²) in [6.45, 7) is 5.26. The van der Waals surface area contributed by atoms with Crippen LogP contribution in [0, 0.1) is 6.92 Å². The molecule has 2 aromatic carbocycles. The van der Waals surface area contributed by atoms with Gasteiger partial charge in [-0.2, -0.15) is 0 Å². The van der Waals surface area contributed by atoms with Crippen molar-refractivity contribution in [3.8, 4) is 5.75 Å². The van der Waals surface area contributed by atoms with E-state index in [0.29, 0.717) is 19.0 Å². The van der Waals surface area contributed by atoms with Gasteiger partial charge in [-0.05, 0) is 59.0 Å². The van der Waals surface area contributed by atoms with E-state index in [4.69, 9.17) is 14.2 Å². The highest BCUT2D eigenvalue weighted by Gasteiger charge is 2.21. The summed E-state index contributed by atoms with van der Waals surface area (Å²) in [4.78, 5) is 23.6. The summed E-state index contributed by atoms with van der Waals surface area (Å²) in [7, 11) is 0. The second-order valence-corrected chi connectivity index (χ2v) is 8.58. The van der Waals surface area contributed by atoms with Crippen molar-refractivity contribution in [2.45, 2.75) is 33.4 Å². The van der Waals surface area contributed by atoms with Crippen LogP contribution >= 0.6 is 0 Å². The molecule has 0 saturated carbocycles. The van der Waals surface area contributed by atoms with Gasteiger partial charge in [0, 0.05) is 18.2 Å². The second kappa shape index (κ2) is 8.39. The van der Waals surface area contributed by atoms with Crippen molar-refractivity contribution in [2.24, 2.45) is 0 Å². The van der Waals surface area contributed by atoms with E-state index in [1.165, 1.54) is 0 Å². The van der Waals surface area contributed by atoms with Crippen molar-refractivity contribution in [1.82, 2.24) is 24.7 Å². The maximum absolute atomic E-state index is 11.5. The van der Waals surface area contributed by atoms with E-state index in [0.717, 1.165) is 62.5 Å². The van der Waals surface area contributed by atoms with Gasteiger partial charge in [-0.1, -0.05) is 42.4 Å². The third kappa shape index (κ3) is 3.73. The third-order valence-corrected chi connectivity index (χ3v) is 6.33. The van der Waals surface area contributed by atoms with Crippen LogP contribution in [0.25, 0.3) is 22.8 Å². The number of aromatic nitrogens is 5. The largest absolute Gasteiger partial charge is 0.488 e. The Kier molecular flexibility index (Phi) is 5.06. The molecule has 0 saturated heterocycles. The van der Waals surface area contributed by atoms with Gasteiger partial charge < -0.3 is 9.30 Å². The lowest BCUT2D eigenvalue weighted by Gasteiger charge is -2.13. The molecule has 0 unspecified atom stereocenters. The minimum atomic E-state index is -0.589. The molecule has 0 aliphatic carbocycles. The van der Waals surface area contributed by atoms with Crippen molar-refractivity contribution in [2.75, 3.05) is 0 Å². The number of pyridine rings is 1. The SMILES string of the molecule is CCc1nc2c(C)ccnc2n1Cc1ccc2c(c1)COc1ccccc1/C2=C\c1noc(=O)[nH]1. The van der Waals surface area contributed by atoms with Gasteiger partial charge in [-0.3, -0.25) is 9.51 Å². The van der Waals surface area contributed by atoms with Gasteiger partial charge in [-0.25, -0.2) is 14.8 Å². The Bertz CT molecular complexity index is 1660. The fourth-order valence-electron chi connectivity index (χ4n) is 4.64. The molecular formula is C27H23N5O3. The Hall–Kier alpha value is -4.46. The van der Waals surface area contributed by atoms with Crippen LogP contribution in [0.3, 0.4) is 0 Å². The zero-order valence-electron chi connectivity index (χ0n) is 19.4. The number of aromatic amines is 1. The summed E-state index contributed by atoms with van der Waals surface area (Å²) in [5.41, 5.74) is 7.99. The topological polar surface area (TPSA) is 98.8 Å². The van der Waals surface area contributed by atoms with Gasteiger partial charge in [0.05, 0.1) is 6.54 Å². The molecule has 1 aliphatic rings. The molecule has 4 heterocycles. The lowest BCUT2D eigenvalue weighted by molar-refractivity contribution is 0.307. The Morgan fingerprint density at radius 3 is 2.86 bits per heavy atom. The first-order valence-corrected chi connectivity index (χ1v) is 11.5. The first kappa shape index (κ1) is 21.1. The molecule has 0 amide bonds. The van der Waals surface area contributed by atoms with Crippen molar-refractivity contribution < 1.29 is 9.26 Å². The number of H-pyrrole nitrogens is 1. The molecule has 0 fully saturated rings. The Morgan fingerprint density at radius 1 is 1.14 bits per heavy atom. The molecule has 174 valence electrons. The van der Waals surface area contributed by atoms with E-state index in [9.17, 15) is 4.79 Å². The average Bonchev–Trinajstić information content (AvgIpc) is 3.41. The van der Waals surface area contributed by atoms with Gasteiger partial charge >= 0.3 is 5.76 Å². The van der Waals surface area contributed by atoms with Gasteiger partial charge in [0.15, 0.2) is 11.5 Å². The number of nitrogens with zero attached hydrogens (tertiary/aromatic N) is 4. The molecule has 8 nitrogen and oxygen atoms in total. The number of rotatable bonds is 4. The predicted octanol–water partition coefficient (Wildman–Crippen LogP) is 4.51. The molecule has 0 radical (unpaired) electrons. The van der Waals surface area contributed by atoms with Gasteiger partial charge in [0.25, 0.3) is 0 Å². The molecule has 0 atom stereocenters. The summed E-state index contributed by atoms with van der Waals surface area (Å²) >= 11 is 0. The van der Waals surface area contributed by atoms with E-state index < -0.39 is 5.76 Å². The molecule has 1 aliphatic heterocycles. The number of imidazole rings is 1. The summed E-state index contributed by atoms with van der Waals surface area (Å²) in [5, 5.41) is 3.83. The number of fused-ring (bicyclic) bond motifs is 3. The number of hydrogen-bond acceptors (Lipinski definition) is 6. The minimum absolute atomic E-state index is 0.357. The van der Waals surface area contributed by atoms with E-state index in [1.54, 1.807) is 0 Å². The zero-order valence-corrected chi connectivity index (χ0v) is 19.4. The summed E-state index contributed by atoms with van der Waals surface area (Å²) in [5.74, 6) is 1.55. The predicted molar refractivity (Wildman–Crippen MR) is 132 cm³/mol. The molecule has 3 aromatic heterocycles. The van der Waals surface area contributed by atoms with Crippen molar-refractivity contribution in [3.63, 3.8) is 0 Å². The Balaban J connectivity index is 1.45. The Morgan fingerprint density at radius 2 is 2.03 bits per heavy atom. The first-order chi connectivity index (χ1) is 17.1. The smallest absolute Gasteiger partial charge is 0.439 e. The fourth-order valence-corrected chi connectivity index (χ4v) is 4.64. The van der Waals surface area contributed by atoms with E-state index >= 15 is 0 Å². The number of hydrogen-bond donors (Lipinski definition) is 1. The molecule has 0 bridgehead atoms. The van der Waals surface area contributed by atoms with Crippen LogP contribution in [0.1, 0.15) is 46.4 Å². The van der Waals surface area contributed by atoms with Crippen LogP contribution in [0.5, 0.6) is 5.75 Å². The standard InChI is InChI=1S/C27H23N5O3/c1-3-24-30-25-16(2)10-11-28-26(25)32(24)14-17-8-9-19-18(12-17)15-34-22-7-5-4-6-20(22)21(19)13-23-29-27(33)35-31-23/h4-13H,3,14-15H2,1-2H3,(H,29,31,33)/b21-13-. The monoisotopic (exact) mass is 465 g/mol. The van der Waals surface area contributed by atoms with Crippen LogP contribution in [-0.2, 0) is 19.6 Å². The molecule has 35 heavy (non-hydrogen) atoms. The fraction of sp³-hybridized carbons (Fsp3) is 0.185. The van der Waals surface area contributed by atoms with Crippen LogP contribution < -0.4 is 10.5 Å². The van der Waals surface area contributed by atoms with Crippen molar-refractivity contribution >= 4 is 22.8 Å². The highest BCUT2D eigenvalue weighted by atomic mass is 16.5. The lowest BCUT2D eigenvalue weighted by Crippen LogP contribution is -2.06. The van der Waals surface area contributed by atoms with E-state index in [1.807, 2.05) is 42.6 Å². The van der Waals surface area contributed by atoms with Gasteiger partial charge in [-0.15, -0.1) is 0 Å². The van der Waals surface area contributed by atoms with Crippen LogP contribution in [0.4, 0.5) is 0 Å². The van der Waals surface area contributed by atoms with Gasteiger partial charge in [0.2, 0.25) is 0 Å². The van der Waals surface area contributed by atoms with Crippen molar-refractivity contribution in [1.29, 1.82) is 0 Å². The quantitative estimate of drug-likeness (QED) is 0.419. The number of nitrogens with one attached hydrogen (secondary N) is 1. The Labute approximate surface area is 200 Å². The number of benzene rings is 2. The number of aryl methyl sites for hydroxylation is 2. The summed E-state index contributed by atoms with van der Waals surface area (Å²) in [6.07, 6.45) is 4.48. The van der Waals surface area contributed by atoms with Crippen LogP contribution in [0.2, 0.25) is 0 Å². The molecule has 8 heteroatoms. The molecular weight excluding hydrogens is 442 g/mol. The van der Waals surface area contributed by atoms with Crippen molar-refractivity contribution in [3.05, 3.63) is 105 Å². The molecule has 5 aromatic rings. The number of ether oxygens (including phenoxy) is 1. The van der Waals surface area contributed by atoms with Gasteiger partial charge in [0.1, 0.15) is 23.7 Å². The minimum Gasteiger partial charge on any atom is -0.488 e. The lowest BCUT2D eigenvalue weighted by atomic mass is 9.92. The van der Waals surface area contributed by atoms with Crippen LogP contribution in [0.15, 0.2) is 64.0 Å². The average molecular weight is 466 g/mol. The zero-order chi connectivity index (χ0) is 23.9. The maximum Gasteiger partial charge on any atom is 0.439 e. The maximum atomic E-state index is 11.5. The first-order valence-electron chi connectivity index (χ1n) is 11.5. The summed E-state index contributed by atoms with van der Waals surface area (Å²) in [6, 6.07) is 16.2. The summed E-state index contributed by atoms with van der Waals surface area (Å²) < 4.78 is 13.1. The van der Waals surface area contributed by atoms with E-state index in [2.05, 4.69) is 51.7 Å². The number of para-hydroxylation sites is 1. The highest BCUT2D eigenvalue weighted by Crippen LogP contribution is 2.38. The molecule has 0 spiro atoms. The van der Waals surface area contributed by atoms with Crippen LogP contribution in [-0.4, -0.2) is 24.7 Å². The highest BCUT2D eigenvalue weighted by molar-refractivity contribution is 5.93. The normalized spacial score (nSPS) is 13.9. The third-order valence-electron chi connectivity index (χ3n) is 6.33. The van der Waals surface area contributed by atoms with E-state index in [-0.39, 0.29) is 0 Å².